The summed E-state index contributed by atoms with van der Waals surface area (Å²) in [5.41, 5.74) is 0.874. The van der Waals surface area contributed by atoms with Crippen molar-refractivity contribution >= 4 is 16.4 Å². The van der Waals surface area contributed by atoms with Crippen molar-refractivity contribution in [1.82, 2.24) is 0 Å². The number of aliphatic hydroxyl groups excluding tert-OH is 1. The Morgan fingerprint density at radius 2 is 1.65 bits per heavy atom. The number of hydrogen-bond acceptors (Lipinski definition) is 5. The molecule has 26 heavy (non-hydrogen) atoms. The first-order valence-corrected chi connectivity index (χ1v) is 16.4. The van der Waals surface area contributed by atoms with E-state index in [0.29, 0.717) is 6.61 Å². The summed E-state index contributed by atoms with van der Waals surface area (Å²) < 4.78 is 24.9. The van der Waals surface area contributed by atoms with Gasteiger partial charge in [-0.2, -0.15) is 0 Å². The van der Waals surface area contributed by atoms with E-state index in [1.54, 1.807) is 0 Å². The number of benzene rings is 1. The molecule has 7 heteroatoms. The molecule has 0 bridgehead atoms. The number of fused-ring (bicyclic) bond motifs is 1. The van der Waals surface area contributed by atoms with Crippen molar-refractivity contribution in [2.75, 3.05) is 6.61 Å². The monoisotopic (exact) mass is 396 g/mol. The molecule has 2 aliphatic heterocycles. The number of aliphatic hydroxyl groups is 1. The van der Waals surface area contributed by atoms with Gasteiger partial charge in [0.25, 0.3) is 0 Å². The third kappa shape index (κ3) is 4.47. The van der Waals surface area contributed by atoms with E-state index in [2.05, 4.69) is 39.3 Å². The van der Waals surface area contributed by atoms with Gasteiger partial charge in [-0.15, -0.1) is 0 Å². The minimum absolute atomic E-state index is 0.0778. The van der Waals surface area contributed by atoms with Crippen LogP contribution < -0.4 is 0 Å². The number of rotatable bonds is 4. The fourth-order valence-corrected chi connectivity index (χ4v) is 6.67. The van der Waals surface area contributed by atoms with Gasteiger partial charge >= 0.3 is 0 Å². The van der Waals surface area contributed by atoms with E-state index in [4.69, 9.17) is 18.6 Å². The fraction of sp³-hybridized carbons (Fsp3) is 0.684. The predicted octanol–water partition coefficient (Wildman–Crippen LogP) is 3.33. The Bertz CT molecular complexity index is 598. The smallest absolute Gasteiger partial charge is 0.184 e. The molecular formula is C19H32O5Si2. The van der Waals surface area contributed by atoms with Gasteiger partial charge in [0.1, 0.15) is 18.3 Å². The van der Waals surface area contributed by atoms with E-state index in [-0.39, 0.29) is 17.9 Å². The molecule has 1 N–H and O–H groups in total. The van der Waals surface area contributed by atoms with Gasteiger partial charge in [0.05, 0.1) is 26.5 Å². The second-order valence-electron chi connectivity index (χ2n) is 9.32. The third-order valence-corrected chi connectivity index (χ3v) is 7.92. The molecule has 6 atom stereocenters. The van der Waals surface area contributed by atoms with E-state index >= 15 is 0 Å². The topological polar surface area (TPSA) is 57.2 Å². The molecule has 1 aromatic carbocycles. The Hall–Kier alpha value is -0.546. The molecule has 146 valence electrons. The van der Waals surface area contributed by atoms with E-state index in [1.165, 1.54) is 0 Å². The highest BCUT2D eigenvalue weighted by atomic mass is 28.4. The SMILES string of the molecule is C[Si](C)(C)O[C@@H]1[C@@H](O)[C@H]2O[C@@H](c3ccccc3)OC[C@H]2O[C@@H]1[Si](C)(C)C. The van der Waals surface area contributed by atoms with Crippen LogP contribution in [0.1, 0.15) is 11.9 Å². The van der Waals surface area contributed by atoms with Gasteiger partial charge in [-0.05, 0) is 19.6 Å². The molecule has 0 spiro atoms. The lowest BCUT2D eigenvalue weighted by molar-refractivity contribution is -0.318. The van der Waals surface area contributed by atoms with Gasteiger partial charge in [-0.25, -0.2) is 0 Å². The number of hydrogen-bond donors (Lipinski definition) is 1. The van der Waals surface area contributed by atoms with E-state index in [1.807, 2.05) is 30.3 Å². The fourth-order valence-electron chi connectivity index (χ4n) is 3.62. The molecule has 5 nitrogen and oxygen atoms in total. The molecular weight excluding hydrogens is 364 g/mol. The van der Waals surface area contributed by atoms with E-state index in [9.17, 15) is 5.11 Å². The van der Waals surface area contributed by atoms with E-state index < -0.39 is 34.9 Å². The molecule has 0 aliphatic carbocycles. The lowest BCUT2D eigenvalue weighted by Gasteiger charge is -2.52. The maximum absolute atomic E-state index is 11.2. The summed E-state index contributed by atoms with van der Waals surface area (Å²) >= 11 is 0. The normalized spacial score (nSPS) is 35.8. The average Bonchev–Trinajstić information content (AvgIpc) is 2.55. The quantitative estimate of drug-likeness (QED) is 0.791. The largest absolute Gasteiger partial charge is 0.410 e. The lowest BCUT2D eigenvalue weighted by atomic mass is 9.99. The van der Waals surface area contributed by atoms with Crippen molar-refractivity contribution in [3.8, 4) is 0 Å². The lowest BCUT2D eigenvalue weighted by Crippen LogP contribution is -2.68. The summed E-state index contributed by atoms with van der Waals surface area (Å²) in [5.74, 6) is 0. The Morgan fingerprint density at radius 3 is 2.23 bits per heavy atom. The molecule has 2 heterocycles. The molecule has 0 aromatic heterocycles. The molecule has 0 unspecified atom stereocenters. The molecule has 0 radical (unpaired) electrons. The minimum atomic E-state index is -1.85. The second-order valence-corrected chi connectivity index (χ2v) is 19.1. The number of ether oxygens (including phenoxy) is 3. The van der Waals surface area contributed by atoms with Crippen LogP contribution in [0.3, 0.4) is 0 Å². The van der Waals surface area contributed by atoms with Crippen molar-refractivity contribution in [3.63, 3.8) is 0 Å². The highest BCUT2D eigenvalue weighted by molar-refractivity contribution is 6.77. The van der Waals surface area contributed by atoms with Gasteiger partial charge in [0.15, 0.2) is 14.6 Å². The summed E-state index contributed by atoms with van der Waals surface area (Å²) in [6, 6.07) is 9.83. The standard InChI is InChI=1S/C19H32O5Si2/c1-25(2,3)19-17(24-26(4,5)6)15(20)16-14(22-19)12-21-18(23-16)13-10-8-7-9-11-13/h7-11,14-20H,12H2,1-6H3/t14-,15+,16+,17-,18+,19-/m1/s1. The summed E-state index contributed by atoms with van der Waals surface area (Å²) in [5, 5.41) is 11.2. The first kappa shape index (κ1) is 20.2. The molecule has 1 aromatic rings. The Balaban J connectivity index is 1.82. The summed E-state index contributed by atoms with van der Waals surface area (Å²) in [6.07, 6.45) is -2.24. The van der Waals surface area contributed by atoms with E-state index in [0.717, 1.165) is 5.56 Å². The van der Waals surface area contributed by atoms with Crippen molar-refractivity contribution < 1.29 is 23.7 Å². The molecule has 2 saturated heterocycles. The Morgan fingerprint density at radius 1 is 1.00 bits per heavy atom. The molecule has 2 aliphatic rings. The van der Waals surface area contributed by atoms with Crippen LogP contribution in [0, 0.1) is 0 Å². The van der Waals surface area contributed by atoms with Gasteiger partial charge < -0.3 is 23.7 Å². The van der Waals surface area contributed by atoms with Gasteiger partial charge in [-0.1, -0.05) is 50.0 Å². The summed E-state index contributed by atoms with van der Waals surface area (Å²) in [6.45, 7) is 13.6. The van der Waals surface area contributed by atoms with Crippen LogP contribution in [0.2, 0.25) is 39.3 Å². The maximum Gasteiger partial charge on any atom is 0.184 e. The summed E-state index contributed by atoms with van der Waals surface area (Å²) in [4.78, 5) is 0. The molecule has 0 saturated carbocycles. The predicted molar refractivity (Wildman–Crippen MR) is 106 cm³/mol. The van der Waals surface area contributed by atoms with Gasteiger partial charge in [0.2, 0.25) is 0 Å². The van der Waals surface area contributed by atoms with Crippen molar-refractivity contribution in [1.29, 1.82) is 0 Å². The van der Waals surface area contributed by atoms with Crippen molar-refractivity contribution in [2.24, 2.45) is 0 Å². The van der Waals surface area contributed by atoms with Crippen LogP contribution in [-0.2, 0) is 18.6 Å². The van der Waals surface area contributed by atoms with Gasteiger partial charge in [-0.3, -0.25) is 0 Å². The van der Waals surface area contributed by atoms with Gasteiger partial charge in [0, 0.05) is 5.56 Å². The van der Waals surface area contributed by atoms with Crippen LogP contribution in [-0.4, -0.2) is 58.2 Å². The Labute approximate surface area is 158 Å². The molecule has 0 amide bonds. The zero-order valence-corrected chi connectivity index (χ0v) is 18.6. The third-order valence-electron chi connectivity index (χ3n) is 4.77. The second kappa shape index (κ2) is 7.46. The van der Waals surface area contributed by atoms with Crippen molar-refractivity contribution in [3.05, 3.63) is 35.9 Å². The zero-order valence-electron chi connectivity index (χ0n) is 16.6. The summed E-state index contributed by atoms with van der Waals surface area (Å²) in [7, 11) is -3.56. The Kier molecular flexibility index (Phi) is 5.80. The first-order chi connectivity index (χ1) is 12.1. The van der Waals surface area contributed by atoms with Crippen LogP contribution in [0.25, 0.3) is 0 Å². The minimum Gasteiger partial charge on any atom is -0.410 e. The van der Waals surface area contributed by atoms with Crippen LogP contribution in [0.5, 0.6) is 0 Å². The van der Waals surface area contributed by atoms with Crippen LogP contribution >= 0.6 is 0 Å². The van der Waals surface area contributed by atoms with Crippen molar-refractivity contribution in [2.45, 2.75) is 75.7 Å². The highest BCUT2D eigenvalue weighted by Gasteiger charge is 2.53. The molecule has 2 fully saturated rings. The maximum atomic E-state index is 11.2. The first-order valence-electron chi connectivity index (χ1n) is 9.39. The highest BCUT2D eigenvalue weighted by Crippen LogP contribution is 2.38. The molecule has 3 rings (SSSR count). The van der Waals surface area contributed by atoms with Crippen LogP contribution in [0.4, 0.5) is 0 Å². The average molecular weight is 397 g/mol. The van der Waals surface area contributed by atoms with Crippen LogP contribution in [0.15, 0.2) is 30.3 Å². The zero-order chi connectivity index (χ0) is 19.1.